The van der Waals surface area contributed by atoms with Crippen molar-refractivity contribution < 1.29 is 9.59 Å². The molecule has 1 aromatic carbocycles. The second-order valence-corrected chi connectivity index (χ2v) is 10.4. The lowest BCUT2D eigenvalue weighted by atomic mass is 9.92. The van der Waals surface area contributed by atoms with Crippen LogP contribution in [-0.2, 0) is 24.2 Å². The lowest BCUT2D eigenvalue weighted by Gasteiger charge is -2.12. The van der Waals surface area contributed by atoms with Crippen LogP contribution >= 0.6 is 23.1 Å². The lowest BCUT2D eigenvalue weighted by molar-refractivity contribution is -0.113. The quantitative estimate of drug-likeness (QED) is 0.370. The second kappa shape index (κ2) is 9.19. The topological polar surface area (TPSA) is 76.9 Å². The minimum atomic E-state index is -0.116. The van der Waals surface area contributed by atoms with Crippen molar-refractivity contribution in [3.05, 3.63) is 57.7 Å². The first-order chi connectivity index (χ1) is 15.7. The summed E-state index contributed by atoms with van der Waals surface area (Å²) in [5.41, 5.74) is 2.46. The molecule has 32 heavy (non-hydrogen) atoms. The van der Waals surface area contributed by atoms with E-state index in [1.807, 2.05) is 30.3 Å². The van der Waals surface area contributed by atoms with E-state index >= 15 is 0 Å². The van der Waals surface area contributed by atoms with Crippen LogP contribution in [0, 0.1) is 0 Å². The SMILES string of the molecule is CCn1c(SCC(=O)Nc2sc3c(c2C(=O)c2ccccc2)CCCC3)nnc1C1CC1. The normalized spacial score (nSPS) is 15.4. The fourth-order valence-electron chi connectivity index (χ4n) is 4.27. The van der Waals surface area contributed by atoms with Gasteiger partial charge in [-0.3, -0.25) is 9.59 Å². The third-order valence-electron chi connectivity index (χ3n) is 6.02. The van der Waals surface area contributed by atoms with Crippen molar-refractivity contribution in [1.29, 1.82) is 0 Å². The number of ketones is 1. The number of aromatic nitrogens is 3. The Bertz CT molecular complexity index is 1150. The number of benzene rings is 1. The Balaban J connectivity index is 1.34. The number of rotatable bonds is 8. The van der Waals surface area contributed by atoms with E-state index in [1.54, 1.807) is 11.3 Å². The van der Waals surface area contributed by atoms with Gasteiger partial charge in [-0.15, -0.1) is 21.5 Å². The highest BCUT2D eigenvalue weighted by atomic mass is 32.2. The molecule has 8 heteroatoms. The molecule has 1 saturated carbocycles. The molecule has 2 aromatic heterocycles. The Labute approximate surface area is 195 Å². The minimum Gasteiger partial charge on any atom is -0.316 e. The van der Waals surface area contributed by atoms with Crippen LogP contribution in [0.1, 0.15) is 70.7 Å². The number of aryl methyl sites for hydroxylation is 1. The summed E-state index contributed by atoms with van der Waals surface area (Å²) in [6.45, 7) is 2.88. The van der Waals surface area contributed by atoms with E-state index in [1.165, 1.54) is 29.5 Å². The van der Waals surface area contributed by atoms with Crippen LogP contribution in [-0.4, -0.2) is 32.2 Å². The fraction of sp³-hybridized carbons (Fsp3) is 0.417. The van der Waals surface area contributed by atoms with E-state index in [9.17, 15) is 9.59 Å². The summed E-state index contributed by atoms with van der Waals surface area (Å²) in [6, 6.07) is 9.34. The van der Waals surface area contributed by atoms with E-state index in [0.29, 0.717) is 22.0 Å². The van der Waals surface area contributed by atoms with Crippen molar-refractivity contribution >= 4 is 39.8 Å². The first-order valence-corrected chi connectivity index (χ1v) is 13.1. The van der Waals surface area contributed by atoms with Crippen molar-refractivity contribution in [2.24, 2.45) is 0 Å². The first-order valence-electron chi connectivity index (χ1n) is 11.3. The molecule has 1 amide bonds. The molecule has 1 N–H and O–H groups in total. The number of hydrogen-bond donors (Lipinski definition) is 1. The van der Waals surface area contributed by atoms with Crippen molar-refractivity contribution in [2.45, 2.75) is 63.1 Å². The zero-order chi connectivity index (χ0) is 22.1. The maximum Gasteiger partial charge on any atom is 0.235 e. The Morgan fingerprint density at radius 3 is 2.69 bits per heavy atom. The standard InChI is InChI=1S/C24H26N4O2S2/c1-2-28-22(16-12-13-16)26-27-24(28)31-14-19(29)25-23-20(17-10-6-7-11-18(17)32-23)21(30)15-8-4-3-5-9-15/h3-5,8-9,16H,2,6-7,10-14H2,1H3,(H,25,29). The van der Waals surface area contributed by atoms with Crippen LogP contribution < -0.4 is 5.32 Å². The number of carbonyl (C=O) groups excluding carboxylic acids is 2. The van der Waals surface area contributed by atoms with Crippen LogP contribution in [0.4, 0.5) is 5.00 Å². The van der Waals surface area contributed by atoms with Gasteiger partial charge in [0.05, 0.1) is 11.3 Å². The van der Waals surface area contributed by atoms with Gasteiger partial charge >= 0.3 is 0 Å². The molecular weight excluding hydrogens is 440 g/mol. The van der Waals surface area contributed by atoms with E-state index < -0.39 is 0 Å². The molecule has 6 nitrogen and oxygen atoms in total. The number of anilines is 1. The number of carbonyl (C=O) groups is 2. The number of thiophene rings is 1. The zero-order valence-electron chi connectivity index (χ0n) is 18.1. The molecule has 0 atom stereocenters. The summed E-state index contributed by atoms with van der Waals surface area (Å²) in [5, 5.41) is 13.2. The number of thioether (sulfide) groups is 1. The van der Waals surface area contributed by atoms with Crippen LogP contribution in [0.3, 0.4) is 0 Å². The predicted octanol–water partition coefficient (Wildman–Crippen LogP) is 5.08. The summed E-state index contributed by atoms with van der Waals surface area (Å²) in [6.07, 6.45) is 6.43. The molecule has 2 aliphatic rings. The van der Waals surface area contributed by atoms with E-state index in [0.717, 1.165) is 48.8 Å². The highest BCUT2D eigenvalue weighted by molar-refractivity contribution is 7.99. The van der Waals surface area contributed by atoms with Gasteiger partial charge in [0.1, 0.15) is 10.8 Å². The van der Waals surface area contributed by atoms with E-state index in [-0.39, 0.29) is 17.4 Å². The number of hydrogen-bond acceptors (Lipinski definition) is 6. The van der Waals surface area contributed by atoms with Crippen molar-refractivity contribution in [2.75, 3.05) is 11.1 Å². The van der Waals surface area contributed by atoms with Gasteiger partial charge in [0.2, 0.25) is 5.91 Å². The number of nitrogens with one attached hydrogen (secondary N) is 1. The van der Waals surface area contributed by atoms with E-state index in [2.05, 4.69) is 27.0 Å². The molecule has 0 aliphatic heterocycles. The maximum absolute atomic E-state index is 13.3. The summed E-state index contributed by atoms with van der Waals surface area (Å²) in [4.78, 5) is 27.4. The zero-order valence-corrected chi connectivity index (χ0v) is 19.7. The Morgan fingerprint density at radius 2 is 1.94 bits per heavy atom. The van der Waals surface area contributed by atoms with Gasteiger partial charge in [-0.25, -0.2) is 0 Å². The number of nitrogens with zero attached hydrogens (tertiary/aromatic N) is 3. The van der Waals surface area contributed by atoms with Crippen LogP contribution in [0.15, 0.2) is 35.5 Å². The smallest absolute Gasteiger partial charge is 0.235 e. The van der Waals surface area contributed by atoms with E-state index in [4.69, 9.17) is 0 Å². The predicted molar refractivity (Wildman–Crippen MR) is 128 cm³/mol. The Morgan fingerprint density at radius 1 is 1.16 bits per heavy atom. The third-order valence-corrected chi connectivity index (χ3v) is 8.20. The molecular formula is C24H26N4O2S2. The molecule has 5 rings (SSSR count). The minimum absolute atomic E-state index is 0.00671. The van der Waals surface area contributed by atoms with Crippen molar-refractivity contribution in [1.82, 2.24) is 14.8 Å². The van der Waals surface area contributed by atoms with Gasteiger partial charge in [0.25, 0.3) is 0 Å². The summed E-state index contributed by atoms with van der Waals surface area (Å²) < 4.78 is 2.11. The third kappa shape index (κ3) is 4.26. The average molecular weight is 467 g/mol. The molecule has 3 aromatic rings. The number of amides is 1. The van der Waals surface area contributed by atoms with Crippen molar-refractivity contribution in [3.63, 3.8) is 0 Å². The molecule has 1 fully saturated rings. The lowest BCUT2D eigenvalue weighted by Crippen LogP contribution is -2.17. The molecule has 2 heterocycles. The second-order valence-electron chi connectivity index (χ2n) is 8.31. The molecule has 0 spiro atoms. The van der Waals surface area contributed by atoms with Gasteiger partial charge in [-0.05, 0) is 51.0 Å². The number of fused-ring (bicyclic) bond motifs is 1. The van der Waals surface area contributed by atoms with Crippen LogP contribution in [0.5, 0.6) is 0 Å². The molecule has 2 aliphatic carbocycles. The summed E-state index contributed by atoms with van der Waals surface area (Å²) in [7, 11) is 0. The Hall–Kier alpha value is -2.45. The summed E-state index contributed by atoms with van der Waals surface area (Å²) in [5.74, 6) is 1.68. The molecule has 0 saturated heterocycles. The largest absolute Gasteiger partial charge is 0.316 e. The highest BCUT2D eigenvalue weighted by Crippen LogP contribution is 2.41. The van der Waals surface area contributed by atoms with Crippen LogP contribution in [0.2, 0.25) is 0 Å². The first kappa shape index (κ1) is 21.4. The van der Waals surface area contributed by atoms with Crippen LogP contribution in [0.25, 0.3) is 0 Å². The molecule has 0 bridgehead atoms. The van der Waals surface area contributed by atoms with Gasteiger partial charge < -0.3 is 9.88 Å². The average Bonchev–Trinajstić information content (AvgIpc) is 3.48. The van der Waals surface area contributed by atoms with Gasteiger partial charge in [-0.2, -0.15) is 0 Å². The molecule has 0 radical (unpaired) electrons. The van der Waals surface area contributed by atoms with Gasteiger partial charge in [0.15, 0.2) is 10.9 Å². The molecule has 166 valence electrons. The van der Waals surface area contributed by atoms with Gasteiger partial charge in [0, 0.05) is 22.9 Å². The monoisotopic (exact) mass is 466 g/mol. The Kier molecular flexibility index (Phi) is 6.15. The van der Waals surface area contributed by atoms with Crippen molar-refractivity contribution in [3.8, 4) is 0 Å². The fourth-order valence-corrected chi connectivity index (χ4v) is 6.38. The maximum atomic E-state index is 13.3. The highest BCUT2D eigenvalue weighted by Gasteiger charge is 2.30. The summed E-state index contributed by atoms with van der Waals surface area (Å²) >= 11 is 2.97. The molecule has 0 unspecified atom stereocenters. The van der Waals surface area contributed by atoms with Gasteiger partial charge in [-0.1, -0.05) is 42.1 Å².